The van der Waals surface area contributed by atoms with Crippen molar-refractivity contribution in [3.63, 3.8) is 0 Å². The second-order valence-electron chi connectivity index (χ2n) is 5.18. The van der Waals surface area contributed by atoms with Crippen LogP contribution in [0.2, 0.25) is 0 Å². The molecule has 1 aromatic rings. The number of rotatable bonds is 6. The molecule has 19 heavy (non-hydrogen) atoms. The van der Waals surface area contributed by atoms with Crippen molar-refractivity contribution in [1.82, 2.24) is 10.2 Å². The Labute approximate surface area is 115 Å². The molecule has 0 bridgehead atoms. The molecule has 1 fully saturated rings. The molecule has 1 heterocycles. The van der Waals surface area contributed by atoms with Gasteiger partial charge in [-0.15, -0.1) is 0 Å². The highest BCUT2D eigenvalue weighted by Crippen LogP contribution is 2.18. The predicted octanol–water partition coefficient (Wildman–Crippen LogP) is 2.79. The van der Waals surface area contributed by atoms with E-state index in [4.69, 9.17) is 4.42 Å². The smallest absolute Gasteiger partial charge is 0.287 e. The van der Waals surface area contributed by atoms with Gasteiger partial charge in [-0.1, -0.05) is 26.7 Å². The normalized spacial score (nSPS) is 16.2. The van der Waals surface area contributed by atoms with Gasteiger partial charge in [0, 0.05) is 6.04 Å². The molecular formula is C15H24N2O2. The van der Waals surface area contributed by atoms with Gasteiger partial charge in [-0.2, -0.15) is 0 Å². The Kier molecular flexibility index (Phi) is 5.02. The van der Waals surface area contributed by atoms with E-state index in [0.717, 1.165) is 38.2 Å². The lowest BCUT2D eigenvalue weighted by molar-refractivity contribution is 0.0906. The number of carbonyl (C=O) groups is 1. The minimum Gasteiger partial charge on any atom is -0.455 e. The second-order valence-corrected chi connectivity index (χ2v) is 5.18. The van der Waals surface area contributed by atoms with Crippen molar-refractivity contribution < 1.29 is 9.21 Å². The molecule has 1 aliphatic carbocycles. The van der Waals surface area contributed by atoms with Crippen LogP contribution in [-0.4, -0.2) is 29.9 Å². The lowest BCUT2D eigenvalue weighted by Gasteiger charge is -2.15. The summed E-state index contributed by atoms with van der Waals surface area (Å²) < 4.78 is 5.64. The summed E-state index contributed by atoms with van der Waals surface area (Å²) in [7, 11) is 0. The number of carbonyl (C=O) groups excluding carboxylic acids is 1. The largest absolute Gasteiger partial charge is 0.455 e. The van der Waals surface area contributed by atoms with Crippen molar-refractivity contribution in [2.45, 2.75) is 52.1 Å². The molecule has 1 aromatic heterocycles. The highest BCUT2D eigenvalue weighted by atomic mass is 16.4. The lowest BCUT2D eigenvalue weighted by atomic mass is 10.2. The van der Waals surface area contributed by atoms with E-state index in [1.807, 2.05) is 6.07 Å². The van der Waals surface area contributed by atoms with Crippen molar-refractivity contribution in [3.05, 3.63) is 23.7 Å². The summed E-state index contributed by atoms with van der Waals surface area (Å²) in [5.74, 6) is 1.23. The Balaban J connectivity index is 1.90. The van der Waals surface area contributed by atoms with Gasteiger partial charge < -0.3 is 9.73 Å². The van der Waals surface area contributed by atoms with Crippen LogP contribution in [0.3, 0.4) is 0 Å². The van der Waals surface area contributed by atoms with Crippen LogP contribution in [0, 0.1) is 0 Å². The molecule has 1 amide bonds. The van der Waals surface area contributed by atoms with E-state index in [0.29, 0.717) is 11.8 Å². The maximum atomic E-state index is 12.0. The van der Waals surface area contributed by atoms with Crippen molar-refractivity contribution in [2.75, 3.05) is 13.1 Å². The van der Waals surface area contributed by atoms with Gasteiger partial charge in [0.1, 0.15) is 5.76 Å². The second kappa shape index (κ2) is 6.75. The summed E-state index contributed by atoms with van der Waals surface area (Å²) >= 11 is 0. The Bertz CT molecular complexity index is 404. The molecule has 0 aliphatic heterocycles. The zero-order valence-electron chi connectivity index (χ0n) is 11.9. The number of hydrogen-bond acceptors (Lipinski definition) is 3. The molecule has 0 unspecified atom stereocenters. The lowest BCUT2D eigenvalue weighted by Crippen LogP contribution is -2.32. The molecule has 0 aromatic carbocycles. The number of amides is 1. The molecule has 0 radical (unpaired) electrons. The van der Waals surface area contributed by atoms with Gasteiger partial charge >= 0.3 is 0 Å². The molecule has 1 N–H and O–H groups in total. The molecule has 0 saturated heterocycles. The van der Waals surface area contributed by atoms with E-state index in [2.05, 4.69) is 24.1 Å². The summed E-state index contributed by atoms with van der Waals surface area (Å²) in [4.78, 5) is 14.3. The van der Waals surface area contributed by atoms with Crippen molar-refractivity contribution in [2.24, 2.45) is 0 Å². The summed E-state index contributed by atoms with van der Waals surface area (Å²) in [5.41, 5.74) is 0. The summed E-state index contributed by atoms with van der Waals surface area (Å²) in [6.45, 7) is 6.99. The first-order chi connectivity index (χ1) is 9.22. The number of furan rings is 1. The predicted molar refractivity (Wildman–Crippen MR) is 75.1 cm³/mol. The SMILES string of the molecule is CCN(CC)Cc1ccc(C(=O)NC2CCCC2)o1. The Hall–Kier alpha value is -1.29. The fourth-order valence-electron chi connectivity index (χ4n) is 2.58. The number of hydrogen-bond donors (Lipinski definition) is 1. The van der Waals surface area contributed by atoms with E-state index < -0.39 is 0 Å². The van der Waals surface area contributed by atoms with E-state index in [1.165, 1.54) is 12.8 Å². The molecule has 1 aliphatic rings. The molecule has 4 heteroatoms. The van der Waals surface area contributed by atoms with Crippen LogP contribution in [-0.2, 0) is 6.54 Å². The van der Waals surface area contributed by atoms with Gasteiger partial charge in [-0.3, -0.25) is 9.69 Å². The minimum atomic E-state index is -0.0716. The minimum absolute atomic E-state index is 0.0716. The first-order valence-corrected chi connectivity index (χ1v) is 7.34. The standard InChI is InChI=1S/C15H24N2O2/c1-3-17(4-2)11-13-9-10-14(19-13)15(18)16-12-7-5-6-8-12/h9-10,12H,3-8,11H2,1-2H3,(H,16,18). The summed E-state index contributed by atoms with van der Waals surface area (Å²) in [5, 5.41) is 3.04. The van der Waals surface area contributed by atoms with E-state index >= 15 is 0 Å². The van der Waals surface area contributed by atoms with E-state index in [1.54, 1.807) is 6.07 Å². The molecule has 106 valence electrons. The monoisotopic (exact) mass is 264 g/mol. The third-order valence-corrected chi connectivity index (χ3v) is 3.85. The molecule has 2 rings (SSSR count). The molecule has 0 spiro atoms. The van der Waals surface area contributed by atoms with Gasteiger partial charge in [0.25, 0.3) is 5.91 Å². The number of nitrogens with one attached hydrogen (secondary N) is 1. The maximum Gasteiger partial charge on any atom is 0.287 e. The number of nitrogens with zero attached hydrogens (tertiary/aromatic N) is 1. The zero-order valence-corrected chi connectivity index (χ0v) is 11.9. The third-order valence-electron chi connectivity index (χ3n) is 3.85. The van der Waals surface area contributed by atoms with Crippen LogP contribution in [0.1, 0.15) is 55.8 Å². The van der Waals surface area contributed by atoms with Crippen LogP contribution < -0.4 is 5.32 Å². The first kappa shape index (κ1) is 14.1. The highest BCUT2D eigenvalue weighted by Gasteiger charge is 2.20. The fraction of sp³-hybridized carbons (Fsp3) is 0.667. The molecular weight excluding hydrogens is 240 g/mol. The van der Waals surface area contributed by atoms with Crippen LogP contribution in [0.25, 0.3) is 0 Å². The summed E-state index contributed by atoms with van der Waals surface area (Å²) in [6.07, 6.45) is 4.63. The quantitative estimate of drug-likeness (QED) is 0.859. The van der Waals surface area contributed by atoms with Gasteiger partial charge in [0.05, 0.1) is 6.54 Å². The Morgan fingerprint density at radius 1 is 1.32 bits per heavy atom. The van der Waals surface area contributed by atoms with Gasteiger partial charge in [-0.05, 0) is 38.1 Å². The molecule has 4 nitrogen and oxygen atoms in total. The zero-order chi connectivity index (χ0) is 13.7. The fourth-order valence-corrected chi connectivity index (χ4v) is 2.58. The highest BCUT2D eigenvalue weighted by molar-refractivity contribution is 5.91. The topological polar surface area (TPSA) is 45.5 Å². The van der Waals surface area contributed by atoms with E-state index in [9.17, 15) is 4.79 Å². The Morgan fingerprint density at radius 3 is 2.63 bits per heavy atom. The maximum absolute atomic E-state index is 12.0. The third kappa shape index (κ3) is 3.83. The van der Waals surface area contributed by atoms with Gasteiger partial charge in [0.15, 0.2) is 5.76 Å². The van der Waals surface area contributed by atoms with Crippen LogP contribution in [0.15, 0.2) is 16.5 Å². The van der Waals surface area contributed by atoms with Crippen LogP contribution in [0.4, 0.5) is 0 Å². The van der Waals surface area contributed by atoms with Crippen LogP contribution in [0.5, 0.6) is 0 Å². The Morgan fingerprint density at radius 2 is 2.00 bits per heavy atom. The van der Waals surface area contributed by atoms with Crippen LogP contribution >= 0.6 is 0 Å². The summed E-state index contributed by atoms with van der Waals surface area (Å²) in [6, 6.07) is 4.02. The molecule has 1 saturated carbocycles. The van der Waals surface area contributed by atoms with E-state index in [-0.39, 0.29) is 5.91 Å². The van der Waals surface area contributed by atoms with Gasteiger partial charge in [-0.25, -0.2) is 0 Å². The van der Waals surface area contributed by atoms with Crippen molar-refractivity contribution in [3.8, 4) is 0 Å². The van der Waals surface area contributed by atoms with Crippen molar-refractivity contribution in [1.29, 1.82) is 0 Å². The van der Waals surface area contributed by atoms with Gasteiger partial charge in [0.2, 0.25) is 0 Å². The average molecular weight is 264 g/mol. The molecule has 0 atom stereocenters. The first-order valence-electron chi connectivity index (χ1n) is 7.34. The average Bonchev–Trinajstić information content (AvgIpc) is 3.07. The van der Waals surface area contributed by atoms with Crippen molar-refractivity contribution >= 4 is 5.91 Å².